The first-order valence-corrected chi connectivity index (χ1v) is 9.96. The van der Waals surface area contributed by atoms with E-state index in [4.69, 9.17) is 21.1 Å². The van der Waals surface area contributed by atoms with E-state index in [9.17, 15) is 13.6 Å². The van der Waals surface area contributed by atoms with Crippen molar-refractivity contribution in [3.63, 3.8) is 0 Å². The molecule has 9 heteroatoms. The number of hydrogen-bond acceptors (Lipinski definition) is 5. The normalized spacial score (nSPS) is 14.6. The molecule has 1 aromatic carbocycles. The topological polar surface area (TPSA) is 54.9 Å². The summed E-state index contributed by atoms with van der Waals surface area (Å²) in [6.07, 6.45) is -0.391. The molecule has 1 aliphatic heterocycles. The number of nitrogens with zero attached hydrogens (tertiary/aromatic N) is 3. The zero-order valence-electron chi connectivity index (χ0n) is 17.1. The van der Waals surface area contributed by atoms with E-state index < -0.39 is 23.3 Å². The first kappa shape index (κ1) is 22.1. The summed E-state index contributed by atoms with van der Waals surface area (Å²) >= 11 is 5.75. The molecule has 3 rings (SSSR count). The third-order valence-electron chi connectivity index (χ3n) is 4.42. The van der Waals surface area contributed by atoms with Crippen LogP contribution in [-0.2, 0) is 11.3 Å². The number of pyridine rings is 1. The molecular formula is C21H24ClF2N3O3. The van der Waals surface area contributed by atoms with Crippen molar-refractivity contribution in [1.82, 2.24) is 9.88 Å². The van der Waals surface area contributed by atoms with Gasteiger partial charge in [-0.3, -0.25) is 0 Å². The second kappa shape index (κ2) is 9.04. The van der Waals surface area contributed by atoms with Crippen molar-refractivity contribution >= 4 is 23.5 Å². The van der Waals surface area contributed by atoms with Crippen molar-refractivity contribution in [3.05, 3.63) is 52.6 Å². The molecule has 1 fully saturated rings. The summed E-state index contributed by atoms with van der Waals surface area (Å²) < 4.78 is 39.2. The molecule has 1 saturated heterocycles. The molecule has 0 N–H and O–H groups in total. The number of carbonyl (C=O) groups is 1. The second-order valence-electron chi connectivity index (χ2n) is 7.93. The highest BCUT2D eigenvalue weighted by Crippen LogP contribution is 2.24. The van der Waals surface area contributed by atoms with Crippen molar-refractivity contribution in [1.29, 1.82) is 0 Å². The molecule has 1 aliphatic rings. The maximum Gasteiger partial charge on any atom is 0.410 e. The standard InChI is InChI=1S/C21H24ClF2N3O3/c1-21(2,3)30-20(28)27-10-8-26(9-11-27)19-16(23)6-7-18(25-19)29-13-14-4-5-15(22)12-17(14)24/h4-7,12H,8-11,13H2,1-3H3. The number of benzene rings is 1. The van der Waals surface area contributed by atoms with Gasteiger partial charge < -0.3 is 19.3 Å². The summed E-state index contributed by atoms with van der Waals surface area (Å²) in [7, 11) is 0. The molecule has 0 unspecified atom stereocenters. The van der Waals surface area contributed by atoms with Crippen LogP contribution in [0.5, 0.6) is 5.88 Å². The van der Waals surface area contributed by atoms with Gasteiger partial charge in [0.05, 0.1) is 0 Å². The van der Waals surface area contributed by atoms with Gasteiger partial charge in [-0.05, 0) is 39.0 Å². The van der Waals surface area contributed by atoms with Gasteiger partial charge in [0.1, 0.15) is 18.0 Å². The highest BCUT2D eigenvalue weighted by Gasteiger charge is 2.27. The quantitative estimate of drug-likeness (QED) is 0.694. The molecule has 1 aromatic heterocycles. The Hall–Kier alpha value is -2.61. The van der Waals surface area contributed by atoms with E-state index in [0.717, 1.165) is 0 Å². The van der Waals surface area contributed by atoms with Gasteiger partial charge in [0, 0.05) is 42.8 Å². The first-order chi connectivity index (χ1) is 14.1. The van der Waals surface area contributed by atoms with Gasteiger partial charge in [-0.15, -0.1) is 0 Å². The minimum Gasteiger partial charge on any atom is -0.473 e. The predicted molar refractivity (Wildman–Crippen MR) is 110 cm³/mol. The highest BCUT2D eigenvalue weighted by atomic mass is 35.5. The molecule has 0 radical (unpaired) electrons. The molecule has 162 valence electrons. The molecule has 1 amide bonds. The number of ether oxygens (including phenoxy) is 2. The Morgan fingerprint density at radius 2 is 1.80 bits per heavy atom. The molecule has 0 saturated carbocycles. The smallest absolute Gasteiger partial charge is 0.410 e. The molecule has 2 aromatic rings. The number of aromatic nitrogens is 1. The highest BCUT2D eigenvalue weighted by molar-refractivity contribution is 6.30. The first-order valence-electron chi connectivity index (χ1n) is 9.58. The summed E-state index contributed by atoms with van der Waals surface area (Å²) in [5.41, 5.74) is -0.255. The van der Waals surface area contributed by atoms with E-state index in [1.165, 1.54) is 24.3 Å². The van der Waals surface area contributed by atoms with Crippen LogP contribution >= 0.6 is 11.6 Å². The minimum atomic E-state index is -0.572. The Kier molecular flexibility index (Phi) is 6.65. The number of carbonyl (C=O) groups excluding carboxylic acids is 1. The molecule has 0 bridgehead atoms. The van der Waals surface area contributed by atoms with Crippen LogP contribution in [0.15, 0.2) is 30.3 Å². The van der Waals surface area contributed by atoms with E-state index >= 15 is 0 Å². The number of rotatable bonds is 4. The van der Waals surface area contributed by atoms with Crippen LogP contribution in [0, 0.1) is 11.6 Å². The largest absolute Gasteiger partial charge is 0.473 e. The predicted octanol–water partition coefficient (Wildman–Crippen LogP) is 4.65. The van der Waals surface area contributed by atoms with Crippen LogP contribution in [0.1, 0.15) is 26.3 Å². The third-order valence-corrected chi connectivity index (χ3v) is 4.66. The van der Waals surface area contributed by atoms with Crippen LogP contribution in [0.3, 0.4) is 0 Å². The number of hydrogen-bond donors (Lipinski definition) is 0. The van der Waals surface area contributed by atoms with Crippen LogP contribution in [0.2, 0.25) is 5.02 Å². The van der Waals surface area contributed by atoms with E-state index in [1.807, 2.05) is 20.8 Å². The lowest BCUT2D eigenvalue weighted by atomic mass is 10.2. The second-order valence-corrected chi connectivity index (χ2v) is 8.37. The molecule has 2 heterocycles. The monoisotopic (exact) mass is 439 g/mol. The minimum absolute atomic E-state index is 0.0620. The van der Waals surface area contributed by atoms with Gasteiger partial charge >= 0.3 is 6.09 Å². The fourth-order valence-corrected chi connectivity index (χ4v) is 3.09. The molecule has 6 nitrogen and oxygen atoms in total. The number of halogens is 3. The van der Waals surface area contributed by atoms with Gasteiger partial charge in [0.15, 0.2) is 11.6 Å². The Labute approximate surface area is 179 Å². The fraction of sp³-hybridized carbons (Fsp3) is 0.429. The number of anilines is 1. The SMILES string of the molecule is CC(C)(C)OC(=O)N1CCN(c2nc(OCc3ccc(Cl)cc3F)ccc2F)CC1. The maximum absolute atomic E-state index is 14.4. The number of amides is 1. The molecule has 0 aliphatic carbocycles. The van der Waals surface area contributed by atoms with Gasteiger partial charge in [-0.1, -0.05) is 17.7 Å². The summed E-state index contributed by atoms with van der Waals surface area (Å²) in [5.74, 6) is -0.669. The van der Waals surface area contributed by atoms with E-state index in [1.54, 1.807) is 15.9 Å². The van der Waals surface area contributed by atoms with Gasteiger partial charge in [-0.2, -0.15) is 4.98 Å². The van der Waals surface area contributed by atoms with Crippen molar-refractivity contribution in [2.24, 2.45) is 0 Å². The molecule has 0 atom stereocenters. The van der Waals surface area contributed by atoms with Crippen LogP contribution in [-0.4, -0.2) is 47.8 Å². The molecule has 30 heavy (non-hydrogen) atoms. The lowest BCUT2D eigenvalue weighted by Gasteiger charge is -2.36. The molecule has 0 spiro atoms. The Bertz CT molecular complexity index is 913. The zero-order chi connectivity index (χ0) is 21.9. The lowest BCUT2D eigenvalue weighted by molar-refractivity contribution is 0.0240. The van der Waals surface area contributed by atoms with E-state index in [-0.39, 0.29) is 18.3 Å². The van der Waals surface area contributed by atoms with Crippen molar-refractivity contribution in [3.8, 4) is 5.88 Å². The van der Waals surface area contributed by atoms with Crippen LogP contribution < -0.4 is 9.64 Å². The lowest BCUT2D eigenvalue weighted by Crippen LogP contribution is -2.50. The Morgan fingerprint density at radius 1 is 1.10 bits per heavy atom. The van der Waals surface area contributed by atoms with Gasteiger partial charge in [0.2, 0.25) is 5.88 Å². The molecular weight excluding hydrogens is 416 g/mol. The average Bonchev–Trinajstić information content (AvgIpc) is 2.67. The van der Waals surface area contributed by atoms with Crippen molar-refractivity contribution in [2.75, 3.05) is 31.1 Å². The summed E-state index contributed by atoms with van der Waals surface area (Å²) in [5, 5.41) is 0.295. The Morgan fingerprint density at radius 3 is 2.43 bits per heavy atom. The number of piperazine rings is 1. The summed E-state index contributed by atoms with van der Waals surface area (Å²) in [4.78, 5) is 19.7. The van der Waals surface area contributed by atoms with Gasteiger partial charge in [0.25, 0.3) is 0 Å². The van der Waals surface area contributed by atoms with Crippen molar-refractivity contribution < 1.29 is 23.0 Å². The van der Waals surface area contributed by atoms with Crippen LogP contribution in [0.4, 0.5) is 19.4 Å². The fourth-order valence-electron chi connectivity index (χ4n) is 2.93. The maximum atomic E-state index is 14.4. The Balaban J connectivity index is 1.62. The average molecular weight is 440 g/mol. The van der Waals surface area contributed by atoms with E-state index in [0.29, 0.717) is 36.8 Å². The summed E-state index contributed by atoms with van der Waals surface area (Å²) in [6.45, 7) is 6.93. The summed E-state index contributed by atoms with van der Waals surface area (Å²) in [6, 6.07) is 6.95. The van der Waals surface area contributed by atoms with Crippen molar-refractivity contribution in [2.45, 2.75) is 33.0 Å². The van der Waals surface area contributed by atoms with Gasteiger partial charge in [-0.25, -0.2) is 13.6 Å². The van der Waals surface area contributed by atoms with Crippen LogP contribution in [0.25, 0.3) is 0 Å². The van der Waals surface area contributed by atoms with E-state index in [2.05, 4.69) is 4.98 Å². The zero-order valence-corrected chi connectivity index (χ0v) is 17.9. The third kappa shape index (κ3) is 5.72.